The fourth-order valence-electron chi connectivity index (χ4n) is 8.82. The molecule has 14 nitrogen and oxygen atoms in total. The lowest BCUT2D eigenvalue weighted by Gasteiger charge is -2.32. The average molecular weight is 766 g/mol. The van der Waals surface area contributed by atoms with Crippen LogP contribution in [0.3, 0.4) is 0 Å². The summed E-state index contributed by atoms with van der Waals surface area (Å²) in [6.45, 7) is 3.92. The largest absolute Gasteiger partial charge is 0.378 e. The van der Waals surface area contributed by atoms with Gasteiger partial charge < -0.3 is 34.1 Å². The van der Waals surface area contributed by atoms with Crippen LogP contribution in [0.4, 0.5) is 30.8 Å². The first-order valence-corrected chi connectivity index (χ1v) is 18.7. The quantitative estimate of drug-likeness (QED) is 0.273. The number of likely N-dealkylation sites (N-methyl/N-ethyl adjacent to an activating group) is 1. The van der Waals surface area contributed by atoms with E-state index >= 15 is 8.78 Å². The summed E-state index contributed by atoms with van der Waals surface area (Å²) >= 11 is 0. The summed E-state index contributed by atoms with van der Waals surface area (Å²) < 4.78 is 59.6. The topological polar surface area (TPSA) is 132 Å². The van der Waals surface area contributed by atoms with E-state index in [1.165, 1.54) is 28.9 Å². The first kappa shape index (κ1) is 34.7. The SMILES string of the molecule is CO[C@H]1CN(C)C(=O)[C@@H]2C[C@@H](CN2c2nc(N3CC4CC3CO4)nc3c2cnn3-c2ccc(F)cc2F)Nc2cccc(n2)-c2cc(F)cc3nc(C)n(c23)C1. The van der Waals surface area contributed by atoms with Crippen molar-refractivity contribution in [2.75, 3.05) is 55.5 Å². The molecule has 10 rings (SSSR count). The fraction of sp³-hybridized carbons (Fsp3) is 0.385. The molecule has 4 aromatic heterocycles. The maximum Gasteiger partial charge on any atom is 0.245 e. The number of nitrogens with zero attached hydrogens (tertiary/aromatic N) is 10. The number of amides is 1. The van der Waals surface area contributed by atoms with Crippen LogP contribution in [0.15, 0.2) is 54.7 Å². The number of ether oxygens (including phenoxy) is 2. The van der Waals surface area contributed by atoms with Crippen LogP contribution in [-0.4, -0.2) is 116 Å². The van der Waals surface area contributed by atoms with Crippen molar-refractivity contribution in [2.24, 2.45) is 0 Å². The molecule has 6 bridgehead atoms. The smallest absolute Gasteiger partial charge is 0.245 e. The highest BCUT2D eigenvalue weighted by atomic mass is 19.1. The Morgan fingerprint density at radius 3 is 2.59 bits per heavy atom. The third-order valence-electron chi connectivity index (χ3n) is 11.5. The van der Waals surface area contributed by atoms with Crippen molar-refractivity contribution in [3.05, 3.63) is 78.0 Å². The predicted octanol–water partition coefficient (Wildman–Crippen LogP) is 4.48. The Hall–Kier alpha value is -5.81. The number of halogens is 3. The van der Waals surface area contributed by atoms with Crippen LogP contribution < -0.4 is 15.1 Å². The molecule has 6 aromatic rings. The van der Waals surface area contributed by atoms with Crippen molar-refractivity contribution >= 4 is 45.6 Å². The number of fused-ring (bicyclic) bond motifs is 8. The molecular weight excluding hydrogens is 727 g/mol. The van der Waals surface area contributed by atoms with Gasteiger partial charge in [0.05, 0.1) is 59.7 Å². The van der Waals surface area contributed by atoms with E-state index in [-0.39, 0.29) is 36.3 Å². The van der Waals surface area contributed by atoms with Crippen molar-refractivity contribution in [1.29, 1.82) is 0 Å². The molecule has 56 heavy (non-hydrogen) atoms. The number of carbonyl (C=O) groups is 1. The third kappa shape index (κ3) is 5.70. The number of nitrogens with one attached hydrogen (secondary N) is 1. The molecule has 288 valence electrons. The van der Waals surface area contributed by atoms with Gasteiger partial charge in [-0.1, -0.05) is 6.07 Å². The number of hydrogen-bond donors (Lipinski definition) is 1. The summed E-state index contributed by atoms with van der Waals surface area (Å²) in [7, 11) is 3.36. The number of methoxy groups -OCH3 is 1. The van der Waals surface area contributed by atoms with E-state index in [4.69, 9.17) is 24.4 Å². The molecule has 2 aromatic carbocycles. The highest BCUT2D eigenvalue weighted by Gasteiger charge is 2.44. The van der Waals surface area contributed by atoms with Crippen LogP contribution in [0.5, 0.6) is 0 Å². The Morgan fingerprint density at radius 1 is 0.929 bits per heavy atom. The first-order valence-electron chi connectivity index (χ1n) is 18.7. The Bertz CT molecular complexity index is 2540. The fourth-order valence-corrected chi connectivity index (χ4v) is 8.82. The van der Waals surface area contributed by atoms with Gasteiger partial charge in [0, 0.05) is 57.5 Å². The molecule has 0 radical (unpaired) electrons. The Balaban J connectivity index is 1.10. The number of carbonyl (C=O) groups excluding carboxylic acids is 1. The molecule has 3 saturated heterocycles. The lowest BCUT2D eigenvalue weighted by molar-refractivity contribution is -0.132. The molecule has 2 unspecified atom stereocenters. The summed E-state index contributed by atoms with van der Waals surface area (Å²) in [5, 5.41) is 8.59. The van der Waals surface area contributed by atoms with Crippen molar-refractivity contribution in [2.45, 2.75) is 56.6 Å². The zero-order valence-electron chi connectivity index (χ0n) is 30.9. The molecule has 8 heterocycles. The van der Waals surface area contributed by atoms with Gasteiger partial charge in [-0.2, -0.15) is 15.1 Å². The summed E-state index contributed by atoms with van der Waals surface area (Å²) in [6.07, 6.45) is 2.38. The van der Waals surface area contributed by atoms with E-state index < -0.39 is 29.6 Å². The van der Waals surface area contributed by atoms with Crippen molar-refractivity contribution in [3.63, 3.8) is 0 Å². The summed E-state index contributed by atoms with van der Waals surface area (Å²) in [6, 6.07) is 10.9. The number of aromatic nitrogens is 7. The zero-order valence-corrected chi connectivity index (χ0v) is 30.9. The van der Waals surface area contributed by atoms with Crippen LogP contribution in [0, 0.1) is 24.4 Å². The summed E-state index contributed by atoms with van der Waals surface area (Å²) in [5.41, 5.74) is 2.74. The van der Waals surface area contributed by atoms with Gasteiger partial charge >= 0.3 is 0 Å². The molecule has 3 fully saturated rings. The van der Waals surface area contributed by atoms with Gasteiger partial charge in [-0.05, 0) is 50.1 Å². The number of anilines is 3. The minimum atomic E-state index is -0.793. The van der Waals surface area contributed by atoms with E-state index in [0.717, 1.165) is 18.0 Å². The van der Waals surface area contributed by atoms with Gasteiger partial charge in [0.2, 0.25) is 11.9 Å². The molecule has 4 aliphatic rings. The molecule has 0 spiro atoms. The maximum absolute atomic E-state index is 15.3. The molecular formula is C39H38F3N11O3. The van der Waals surface area contributed by atoms with Crippen molar-refractivity contribution < 1.29 is 27.4 Å². The minimum Gasteiger partial charge on any atom is -0.378 e. The number of imidazole rings is 1. The predicted molar refractivity (Wildman–Crippen MR) is 201 cm³/mol. The van der Waals surface area contributed by atoms with Crippen LogP contribution in [0.2, 0.25) is 0 Å². The number of rotatable bonds is 4. The minimum absolute atomic E-state index is 0.0291. The van der Waals surface area contributed by atoms with Crippen molar-refractivity contribution in [3.8, 4) is 16.9 Å². The molecule has 4 aliphatic heterocycles. The van der Waals surface area contributed by atoms with E-state index in [1.54, 1.807) is 25.3 Å². The average Bonchev–Trinajstić information content (AvgIpc) is 4.03. The van der Waals surface area contributed by atoms with Crippen LogP contribution in [-0.2, 0) is 20.8 Å². The van der Waals surface area contributed by atoms with E-state index in [2.05, 4.69) is 20.3 Å². The third-order valence-corrected chi connectivity index (χ3v) is 11.5. The molecule has 17 heteroatoms. The molecule has 5 atom stereocenters. The lowest BCUT2D eigenvalue weighted by atomic mass is 10.1. The van der Waals surface area contributed by atoms with Gasteiger partial charge in [0.15, 0.2) is 11.5 Å². The first-order chi connectivity index (χ1) is 27.1. The van der Waals surface area contributed by atoms with Gasteiger partial charge in [-0.3, -0.25) is 4.79 Å². The van der Waals surface area contributed by atoms with Crippen LogP contribution in [0.25, 0.3) is 39.0 Å². The molecule has 0 aliphatic carbocycles. The van der Waals surface area contributed by atoms with Gasteiger partial charge in [-0.25, -0.2) is 27.8 Å². The summed E-state index contributed by atoms with van der Waals surface area (Å²) in [4.78, 5) is 40.2. The van der Waals surface area contributed by atoms with Gasteiger partial charge in [-0.15, -0.1) is 0 Å². The second-order valence-corrected chi connectivity index (χ2v) is 15.1. The molecule has 1 amide bonds. The van der Waals surface area contributed by atoms with Crippen LogP contribution in [0.1, 0.15) is 18.7 Å². The second kappa shape index (κ2) is 13.2. The van der Waals surface area contributed by atoms with E-state index in [1.807, 2.05) is 34.6 Å². The van der Waals surface area contributed by atoms with Crippen LogP contribution >= 0.6 is 0 Å². The van der Waals surface area contributed by atoms with Gasteiger partial charge in [0.25, 0.3) is 0 Å². The Kier molecular flexibility index (Phi) is 8.14. The number of benzene rings is 2. The number of aryl methyl sites for hydroxylation is 1. The number of pyridine rings is 1. The zero-order chi connectivity index (χ0) is 38.4. The number of morpholine rings is 1. The van der Waals surface area contributed by atoms with E-state index in [0.29, 0.717) is 83.9 Å². The van der Waals surface area contributed by atoms with Crippen molar-refractivity contribution in [1.82, 2.24) is 39.2 Å². The normalized spacial score (nSPS) is 23.6. The highest BCUT2D eigenvalue weighted by molar-refractivity contribution is 5.94. The lowest BCUT2D eigenvalue weighted by Crippen LogP contribution is -2.47. The van der Waals surface area contributed by atoms with Gasteiger partial charge in [0.1, 0.15) is 40.8 Å². The maximum atomic E-state index is 15.3. The molecule has 0 saturated carbocycles. The summed E-state index contributed by atoms with van der Waals surface area (Å²) in [5.74, 6) is 0.0275. The second-order valence-electron chi connectivity index (χ2n) is 15.1. The standard InChI is InChI=1S/C39H38F3N11O3/c1-20-44-31-11-22(41)9-27-30-5-4-6-34(46-30)45-23-12-33(38(54)49(2)16-26(55-3)18-50(20)35(27)31)52(15-23)36-28-14-43-53(32-8-7-21(40)10-29(32)42)37(28)48-39(47-36)51-17-25-13-24(51)19-56-25/h4-11,14,23-26,33H,12-13,15-19H2,1-3H3,(H,45,46)/t23-,24?,25?,26-,33-/m0/s1. The molecule has 1 N–H and O–H groups in total. The highest BCUT2D eigenvalue weighted by Crippen LogP contribution is 2.38. The monoisotopic (exact) mass is 765 g/mol. The Morgan fingerprint density at radius 2 is 1.80 bits per heavy atom. The number of hydrogen-bond acceptors (Lipinski definition) is 11. The Labute approximate surface area is 318 Å². The van der Waals surface area contributed by atoms with E-state index in [9.17, 15) is 9.18 Å².